The average Bonchev–Trinajstić information content (AvgIpc) is 3.25. The van der Waals surface area contributed by atoms with Crippen molar-refractivity contribution < 1.29 is 4.74 Å². The number of morpholine rings is 1. The molecule has 26 heavy (non-hydrogen) atoms. The van der Waals surface area contributed by atoms with Gasteiger partial charge in [0.25, 0.3) is 0 Å². The van der Waals surface area contributed by atoms with Crippen LogP contribution < -0.4 is 4.90 Å². The van der Waals surface area contributed by atoms with Crippen LogP contribution in [0.3, 0.4) is 0 Å². The number of pyridine rings is 1. The van der Waals surface area contributed by atoms with Crippen LogP contribution in [0.15, 0.2) is 16.7 Å². The number of rotatable bonds is 2. The van der Waals surface area contributed by atoms with Crippen molar-refractivity contribution in [3.63, 3.8) is 0 Å². The van der Waals surface area contributed by atoms with Gasteiger partial charge in [0, 0.05) is 41.8 Å². The fourth-order valence-electron chi connectivity index (χ4n) is 5.09. The second-order valence-electron chi connectivity index (χ2n) is 9.19. The van der Waals surface area contributed by atoms with Crippen molar-refractivity contribution in [2.45, 2.75) is 62.1 Å². The lowest BCUT2D eigenvalue weighted by Gasteiger charge is -2.54. The Balaban J connectivity index is 1.37. The molecule has 0 N–H and O–H groups in total. The van der Waals surface area contributed by atoms with Crippen molar-refractivity contribution in [1.29, 1.82) is 5.26 Å². The largest absolute Gasteiger partial charge is 0.372 e. The number of hydrogen-bond donors (Lipinski definition) is 0. The topological polar surface area (TPSA) is 52.4 Å². The smallest absolute Gasteiger partial charge is 0.113 e. The van der Waals surface area contributed by atoms with Crippen LogP contribution in [-0.4, -0.2) is 53.3 Å². The minimum atomic E-state index is -0.309. The Hall–Kier alpha value is -1.16. The van der Waals surface area contributed by atoms with Crippen LogP contribution in [0.4, 0.5) is 5.69 Å². The normalized spacial score (nSPS) is 34.2. The molecule has 0 radical (unpaired) electrons. The quantitative estimate of drug-likeness (QED) is 0.740. The van der Waals surface area contributed by atoms with Gasteiger partial charge in [0.2, 0.25) is 0 Å². The molecule has 3 heterocycles. The minimum absolute atomic E-state index is 0.0535. The zero-order valence-corrected chi connectivity index (χ0v) is 17.0. The third kappa shape index (κ3) is 2.44. The molecule has 0 unspecified atom stereocenters. The summed E-state index contributed by atoms with van der Waals surface area (Å²) in [7, 11) is 0. The molecule has 0 aromatic carbocycles. The Morgan fingerprint density at radius 2 is 2.08 bits per heavy atom. The van der Waals surface area contributed by atoms with Gasteiger partial charge >= 0.3 is 0 Å². The highest BCUT2D eigenvalue weighted by Gasteiger charge is 2.58. The predicted molar refractivity (Wildman–Crippen MR) is 103 cm³/mol. The zero-order chi connectivity index (χ0) is 18.2. The van der Waals surface area contributed by atoms with E-state index in [4.69, 9.17) is 9.72 Å². The van der Waals surface area contributed by atoms with Gasteiger partial charge in [0.05, 0.1) is 29.7 Å². The van der Waals surface area contributed by atoms with E-state index in [2.05, 4.69) is 51.7 Å². The fourth-order valence-corrected chi connectivity index (χ4v) is 5.41. The van der Waals surface area contributed by atoms with E-state index in [1.807, 2.05) is 6.20 Å². The highest BCUT2D eigenvalue weighted by molar-refractivity contribution is 9.10. The molecule has 0 amide bonds. The Morgan fingerprint density at radius 1 is 1.31 bits per heavy atom. The molecule has 1 spiro atoms. The summed E-state index contributed by atoms with van der Waals surface area (Å²) in [4.78, 5) is 9.61. The van der Waals surface area contributed by atoms with Crippen LogP contribution in [-0.2, 0) is 10.2 Å². The van der Waals surface area contributed by atoms with E-state index in [0.29, 0.717) is 6.04 Å². The van der Waals surface area contributed by atoms with Crippen LogP contribution in [0.2, 0.25) is 0 Å². The number of halogens is 1. The van der Waals surface area contributed by atoms with E-state index in [1.165, 1.54) is 11.4 Å². The van der Waals surface area contributed by atoms with Gasteiger partial charge in [0.1, 0.15) is 5.54 Å². The van der Waals surface area contributed by atoms with Gasteiger partial charge < -0.3 is 9.64 Å². The van der Waals surface area contributed by atoms with E-state index in [0.717, 1.165) is 56.4 Å². The lowest BCUT2D eigenvalue weighted by atomic mass is 9.71. The van der Waals surface area contributed by atoms with Gasteiger partial charge in [-0.1, -0.05) is 13.8 Å². The molecule has 5 rings (SSSR count). The maximum Gasteiger partial charge on any atom is 0.113 e. The molecule has 2 saturated carbocycles. The molecule has 2 aliphatic carbocycles. The van der Waals surface area contributed by atoms with Gasteiger partial charge in [-0.05, 0) is 47.7 Å². The summed E-state index contributed by atoms with van der Waals surface area (Å²) in [6, 6.07) is 5.29. The Labute approximate surface area is 163 Å². The van der Waals surface area contributed by atoms with Crippen molar-refractivity contribution in [2.24, 2.45) is 0 Å². The summed E-state index contributed by atoms with van der Waals surface area (Å²) in [5.41, 5.74) is 2.23. The molecule has 5 nitrogen and oxygen atoms in total. The number of nitriles is 1. The Morgan fingerprint density at radius 3 is 2.77 bits per heavy atom. The zero-order valence-electron chi connectivity index (χ0n) is 15.5. The van der Waals surface area contributed by atoms with Crippen LogP contribution in [0.1, 0.15) is 45.2 Å². The number of aromatic nitrogens is 1. The number of ether oxygens (including phenoxy) is 1. The molecule has 138 valence electrons. The minimum Gasteiger partial charge on any atom is -0.372 e. The highest BCUT2D eigenvalue weighted by Crippen LogP contribution is 2.51. The third-order valence-corrected chi connectivity index (χ3v) is 7.24. The molecular weight excluding hydrogens is 392 g/mol. The molecule has 1 aromatic heterocycles. The first-order chi connectivity index (χ1) is 12.4. The molecular formula is C20H25BrN4O. The van der Waals surface area contributed by atoms with E-state index in [1.54, 1.807) is 0 Å². The van der Waals surface area contributed by atoms with Crippen LogP contribution in [0, 0.1) is 11.3 Å². The molecule has 4 aliphatic rings. The first-order valence-electron chi connectivity index (χ1n) is 9.60. The fraction of sp³-hybridized carbons (Fsp3) is 0.700. The molecule has 3 fully saturated rings. The van der Waals surface area contributed by atoms with Crippen molar-refractivity contribution in [3.05, 3.63) is 22.4 Å². The number of fused-ring (bicyclic) bond motifs is 1. The predicted octanol–water partition coefficient (Wildman–Crippen LogP) is 3.23. The summed E-state index contributed by atoms with van der Waals surface area (Å²) < 4.78 is 6.98. The van der Waals surface area contributed by atoms with Crippen molar-refractivity contribution in [1.82, 2.24) is 9.88 Å². The summed E-state index contributed by atoms with van der Waals surface area (Å²) in [5, 5.41) is 10.0. The summed E-state index contributed by atoms with van der Waals surface area (Å²) in [6.07, 6.45) is 6.04. The standard InChI is InChI=1S/C20H25BrN4O/c1-18(2)12-25(16-7-14(21)10-23-17(16)18)15-8-19(9-15,11-22)24-5-6-26-20(13-24)3-4-20/h7,10,15H,3-6,8-9,12-13H2,1-2H3/t15-,19+. The molecule has 6 heteroatoms. The van der Waals surface area contributed by atoms with Crippen molar-refractivity contribution >= 4 is 21.6 Å². The monoisotopic (exact) mass is 416 g/mol. The Bertz CT molecular complexity index is 791. The summed E-state index contributed by atoms with van der Waals surface area (Å²) >= 11 is 3.57. The Kier molecular flexibility index (Phi) is 3.55. The molecule has 2 aliphatic heterocycles. The van der Waals surface area contributed by atoms with Crippen LogP contribution in [0.25, 0.3) is 0 Å². The van der Waals surface area contributed by atoms with Crippen molar-refractivity contribution in [3.8, 4) is 6.07 Å². The van der Waals surface area contributed by atoms with Gasteiger partial charge in [-0.15, -0.1) is 0 Å². The first kappa shape index (κ1) is 17.0. The van der Waals surface area contributed by atoms with Gasteiger partial charge in [-0.3, -0.25) is 9.88 Å². The van der Waals surface area contributed by atoms with Crippen LogP contribution in [0.5, 0.6) is 0 Å². The van der Waals surface area contributed by atoms with Gasteiger partial charge in [-0.25, -0.2) is 0 Å². The summed E-state index contributed by atoms with van der Waals surface area (Å²) in [5.74, 6) is 0. The van der Waals surface area contributed by atoms with E-state index < -0.39 is 0 Å². The lowest BCUT2D eigenvalue weighted by molar-refractivity contribution is -0.0918. The van der Waals surface area contributed by atoms with E-state index in [9.17, 15) is 5.26 Å². The van der Waals surface area contributed by atoms with Gasteiger partial charge in [-0.2, -0.15) is 5.26 Å². The molecule has 1 aromatic rings. The average molecular weight is 417 g/mol. The first-order valence-corrected chi connectivity index (χ1v) is 10.4. The molecule has 0 bridgehead atoms. The maximum atomic E-state index is 10.0. The van der Waals surface area contributed by atoms with E-state index in [-0.39, 0.29) is 16.6 Å². The molecule has 0 atom stereocenters. The van der Waals surface area contributed by atoms with Crippen LogP contribution >= 0.6 is 15.9 Å². The van der Waals surface area contributed by atoms with Gasteiger partial charge in [0.15, 0.2) is 0 Å². The number of anilines is 1. The second-order valence-corrected chi connectivity index (χ2v) is 10.1. The summed E-state index contributed by atoms with van der Waals surface area (Å²) in [6.45, 7) is 8.10. The third-order valence-electron chi connectivity index (χ3n) is 6.81. The molecule has 1 saturated heterocycles. The lowest BCUT2D eigenvalue weighted by Crippen LogP contribution is -2.66. The second kappa shape index (κ2) is 5.43. The highest BCUT2D eigenvalue weighted by atomic mass is 79.9. The van der Waals surface area contributed by atoms with Crippen molar-refractivity contribution in [2.75, 3.05) is 31.1 Å². The number of hydrogen-bond acceptors (Lipinski definition) is 5. The number of nitrogens with zero attached hydrogens (tertiary/aromatic N) is 4. The maximum absolute atomic E-state index is 10.0. The van der Waals surface area contributed by atoms with E-state index >= 15 is 0 Å². The SMILES string of the molecule is CC1(C)CN([C@H]2C[C@@](C#N)(N3CCOC4(CC4)C3)C2)c2cc(Br)cnc21.